The van der Waals surface area contributed by atoms with Gasteiger partial charge in [0.25, 0.3) is 0 Å². The van der Waals surface area contributed by atoms with Gasteiger partial charge in [-0.15, -0.1) is 11.8 Å². The zero-order valence-corrected chi connectivity index (χ0v) is 13.6. The van der Waals surface area contributed by atoms with E-state index in [4.69, 9.17) is 4.74 Å². The van der Waals surface area contributed by atoms with E-state index in [0.717, 1.165) is 11.8 Å². The second-order valence-corrected chi connectivity index (χ2v) is 5.79. The number of ether oxygens (including phenoxy) is 1. The van der Waals surface area contributed by atoms with Gasteiger partial charge in [0.1, 0.15) is 11.6 Å². The zero-order chi connectivity index (χ0) is 16.8. The molecule has 0 aliphatic rings. The van der Waals surface area contributed by atoms with Gasteiger partial charge in [-0.25, -0.2) is 4.39 Å². The van der Waals surface area contributed by atoms with Crippen molar-refractivity contribution in [3.63, 3.8) is 0 Å². The molecule has 0 bridgehead atoms. The lowest BCUT2D eigenvalue weighted by atomic mass is 10.1. The van der Waals surface area contributed by atoms with Crippen molar-refractivity contribution in [3.05, 3.63) is 53.8 Å². The van der Waals surface area contributed by atoms with Crippen molar-refractivity contribution in [3.8, 4) is 5.75 Å². The first-order valence-electron chi connectivity index (χ1n) is 6.87. The summed E-state index contributed by atoms with van der Waals surface area (Å²) < 4.78 is 18.9. The summed E-state index contributed by atoms with van der Waals surface area (Å²) in [6.07, 6.45) is 0. The minimum Gasteiger partial charge on any atom is -0.497 e. The highest BCUT2D eigenvalue weighted by Crippen LogP contribution is 2.23. The number of carbonyl (C=O) groups is 2. The summed E-state index contributed by atoms with van der Waals surface area (Å²) in [4.78, 5) is 23.4. The minimum absolute atomic E-state index is 0.0630. The number of rotatable bonds is 6. The number of amides is 1. The van der Waals surface area contributed by atoms with Crippen molar-refractivity contribution in [1.29, 1.82) is 0 Å². The van der Waals surface area contributed by atoms with Crippen LogP contribution >= 0.6 is 11.8 Å². The molecule has 0 heterocycles. The van der Waals surface area contributed by atoms with Crippen LogP contribution in [-0.2, 0) is 4.79 Å². The third-order valence-electron chi connectivity index (χ3n) is 3.05. The quantitative estimate of drug-likeness (QED) is 0.646. The van der Waals surface area contributed by atoms with Gasteiger partial charge in [-0.2, -0.15) is 0 Å². The molecule has 2 aromatic carbocycles. The van der Waals surface area contributed by atoms with Crippen LogP contribution in [0.2, 0.25) is 0 Å². The fourth-order valence-corrected chi connectivity index (χ4v) is 2.60. The lowest BCUT2D eigenvalue weighted by Gasteiger charge is -2.07. The van der Waals surface area contributed by atoms with Crippen molar-refractivity contribution >= 4 is 29.1 Å². The maximum atomic E-state index is 13.9. The van der Waals surface area contributed by atoms with E-state index >= 15 is 0 Å². The second kappa shape index (κ2) is 7.78. The third kappa shape index (κ3) is 4.82. The summed E-state index contributed by atoms with van der Waals surface area (Å²) in [5.41, 5.74) is 0.926. The Balaban J connectivity index is 1.95. The number of benzene rings is 2. The fourth-order valence-electron chi connectivity index (χ4n) is 1.88. The van der Waals surface area contributed by atoms with Gasteiger partial charge in [0, 0.05) is 22.2 Å². The van der Waals surface area contributed by atoms with Crippen LogP contribution in [0.15, 0.2) is 47.4 Å². The Kier molecular flexibility index (Phi) is 5.76. The van der Waals surface area contributed by atoms with Gasteiger partial charge in [0.2, 0.25) is 5.91 Å². The summed E-state index contributed by atoms with van der Waals surface area (Å²) in [6.45, 7) is 1.38. The first kappa shape index (κ1) is 17.0. The largest absolute Gasteiger partial charge is 0.497 e. The molecule has 0 radical (unpaired) electrons. The van der Waals surface area contributed by atoms with Crippen LogP contribution in [-0.4, -0.2) is 24.6 Å². The van der Waals surface area contributed by atoms with E-state index in [9.17, 15) is 14.0 Å². The number of carbonyl (C=O) groups excluding carboxylic acids is 2. The average molecular weight is 333 g/mol. The number of nitrogens with one attached hydrogen (secondary N) is 1. The molecule has 1 N–H and O–H groups in total. The molecule has 1 amide bonds. The molecule has 23 heavy (non-hydrogen) atoms. The topological polar surface area (TPSA) is 55.4 Å². The standard InChI is InChI=1S/C17H16FNO3S/c1-11(20)12-6-7-16(15(18)8-12)23-10-17(21)19-13-4-3-5-14(9-13)22-2/h3-9H,10H2,1-2H3,(H,19,21). The van der Waals surface area contributed by atoms with Crippen LogP contribution in [0.25, 0.3) is 0 Å². The Bertz CT molecular complexity index is 734. The van der Waals surface area contributed by atoms with Gasteiger partial charge >= 0.3 is 0 Å². The highest BCUT2D eigenvalue weighted by molar-refractivity contribution is 8.00. The van der Waals surface area contributed by atoms with Gasteiger partial charge in [-0.1, -0.05) is 12.1 Å². The Morgan fingerprint density at radius 2 is 2.00 bits per heavy atom. The van der Waals surface area contributed by atoms with E-state index < -0.39 is 5.82 Å². The molecule has 0 aromatic heterocycles. The molecule has 0 fully saturated rings. The summed E-state index contributed by atoms with van der Waals surface area (Å²) in [5, 5.41) is 2.72. The molecular weight excluding hydrogens is 317 g/mol. The molecule has 0 unspecified atom stereocenters. The molecule has 6 heteroatoms. The first-order chi connectivity index (χ1) is 11.0. The highest BCUT2D eigenvalue weighted by atomic mass is 32.2. The maximum absolute atomic E-state index is 13.9. The van der Waals surface area contributed by atoms with Crippen LogP contribution in [0.3, 0.4) is 0 Å². The average Bonchev–Trinajstić information content (AvgIpc) is 2.53. The minimum atomic E-state index is -0.503. The predicted molar refractivity (Wildman–Crippen MR) is 88.8 cm³/mol. The molecule has 0 atom stereocenters. The molecule has 0 saturated heterocycles. The van der Waals surface area contributed by atoms with Gasteiger partial charge in [-0.05, 0) is 31.2 Å². The number of hydrogen-bond donors (Lipinski definition) is 1. The van der Waals surface area contributed by atoms with Crippen molar-refractivity contribution in [2.45, 2.75) is 11.8 Å². The van der Waals surface area contributed by atoms with Gasteiger partial charge < -0.3 is 10.1 Å². The van der Waals surface area contributed by atoms with Crippen molar-refractivity contribution in [2.24, 2.45) is 0 Å². The zero-order valence-electron chi connectivity index (χ0n) is 12.8. The molecule has 0 aliphatic carbocycles. The SMILES string of the molecule is COc1cccc(NC(=O)CSc2ccc(C(C)=O)cc2F)c1. The Labute approximate surface area is 138 Å². The number of halogens is 1. The summed E-state index contributed by atoms with van der Waals surface area (Å²) in [7, 11) is 1.55. The van der Waals surface area contributed by atoms with E-state index in [1.54, 1.807) is 37.4 Å². The highest BCUT2D eigenvalue weighted by Gasteiger charge is 2.10. The monoisotopic (exact) mass is 333 g/mol. The van der Waals surface area contributed by atoms with Crippen molar-refractivity contribution in [2.75, 3.05) is 18.2 Å². The van der Waals surface area contributed by atoms with E-state index in [-0.39, 0.29) is 17.4 Å². The Hall–Kier alpha value is -2.34. The van der Waals surface area contributed by atoms with Gasteiger partial charge in [0.15, 0.2) is 5.78 Å². The summed E-state index contributed by atoms with van der Waals surface area (Å²) in [6, 6.07) is 11.2. The predicted octanol–water partition coefficient (Wildman–Crippen LogP) is 3.77. The smallest absolute Gasteiger partial charge is 0.234 e. The van der Waals surface area contributed by atoms with Crippen LogP contribution in [0, 0.1) is 5.82 Å². The molecule has 0 aliphatic heterocycles. The van der Waals surface area contributed by atoms with E-state index in [2.05, 4.69) is 5.32 Å². The normalized spacial score (nSPS) is 10.2. The fraction of sp³-hybridized carbons (Fsp3) is 0.176. The van der Waals surface area contributed by atoms with Crippen LogP contribution in [0.5, 0.6) is 5.75 Å². The maximum Gasteiger partial charge on any atom is 0.234 e. The van der Waals surface area contributed by atoms with E-state index in [0.29, 0.717) is 21.9 Å². The lowest BCUT2D eigenvalue weighted by Crippen LogP contribution is -2.14. The van der Waals surface area contributed by atoms with Gasteiger partial charge in [0.05, 0.1) is 12.9 Å². The molecule has 0 spiro atoms. The molecular formula is C17H16FNO3S. The van der Waals surface area contributed by atoms with E-state index in [1.807, 2.05) is 0 Å². The number of methoxy groups -OCH3 is 1. The van der Waals surface area contributed by atoms with Crippen LogP contribution in [0.1, 0.15) is 17.3 Å². The first-order valence-corrected chi connectivity index (χ1v) is 7.85. The number of thioether (sulfide) groups is 1. The molecule has 0 saturated carbocycles. The molecule has 2 rings (SSSR count). The Morgan fingerprint density at radius 1 is 1.22 bits per heavy atom. The summed E-state index contributed by atoms with van der Waals surface area (Å²) >= 11 is 1.08. The van der Waals surface area contributed by atoms with Crippen LogP contribution in [0.4, 0.5) is 10.1 Å². The van der Waals surface area contributed by atoms with Gasteiger partial charge in [-0.3, -0.25) is 9.59 Å². The molecule has 2 aromatic rings. The number of Topliss-reactive ketones (excluding diaryl/α,β-unsaturated/α-hetero) is 1. The molecule has 120 valence electrons. The number of anilines is 1. The molecule has 4 nitrogen and oxygen atoms in total. The van der Waals surface area contributed by atoms with Crippen LogP contribution < -0.4 is 10.1 Å². The van der Waals surface area contributed by atoms with E-state index in [1.165, 1.54) is 19.1 Å². The summed E-state index contributed by atoms with van der Waals surface area (Å²) in [5.74, 6) is -0.249. The second-order valence-electron chi connectivity index (χ2n) is 4.77. The number of ketones is 1. The number of hydrogen-bond acceptors (Lipinski definition) is 4. The third-order valence-corrected chi connectivity index (χ3v) is 4.10. The van der Waals surface area contributed by atoms with Crippen molar-refractivity contribution < 1.29 is 18.7 Å². The van der Waals surface area contributed by atoms with Crippen molar-refractivity contribution in [1.82, 2.24) is 0 Å². The lowest BCUT2D eigenvalue weighted by molar-refractivity contribution is -0.113. The Morgan fingerprint density at radius 3 is 2.65 bits per heavy atom.